The van der Waals surface area contributed by atoms with Crippen LogP contribution in [0, 0.1) is 6.92 Å². The van der Waals surface area contributed by atoms with E-state index < -0.39 is 0 Å². The molecule has 0 bridgehead atoms. The van der Waals surface area contributed by atoms with Crippen molar-refractivity contribution in [2.75, 3.05) is 19.5 Å². The standard InChI is InChI=1S/C18H19BrClNO3/c1-11-4-6-13(9-15(11)20)21-18(22)7-5-12-8-16(23-2)17(24-3)10-14(12)19/h4,6,8-10H,5,7H2,1-3H3,(H,21,22). The summed E-state index contributed by atoms with van der Waals surface area (Å²) in [5.41, 5.74) is 2.65. The maximum absolute atomic E-state index is 12.1. The third kappa shape index (κ3) is 4.65. The molecule has 0 aliphatic heterocycles. The molecule has 0 unspecified atom stereocenters. The molecule has 0 atom stereocenters. The Balaban J connectivity index is 2.02. The quantitative estimate of drug-likeness (QED) is 0.726. The third-order valence-corrected chi connectivity index (χ3v) is 4.77. The van der Waals surface area contributed by atoms with Gasteiger partial charge in [0.25, 0.3) is 0 Å². The maximum atomic E-state index is 12.1. The number of rotatable bonds is 6. The summed E-state index contributed by atoms with van der Waals surface area (Å²) in [6, 6.07) is 9.18. The van der Waals surface area contributed by atoms with Crippen molar-refractivity contribution in [3.8, 4) is 11.5 Å². The zero-order chi connectivity index (χ0) is 17.7. The van der Waals surface area contributed by atoms with Gasteiger partial charge in [0.05, 0.1) is 14.2 Å². The second-order valence-corrected chi connectivity index (χ2v) is 6.57. The molecule has 0 aliphatic carbocycles. The normalized spacial score (nSPS) is 10.4. The third-order valence-electron chi connectivity index (χ3n) is 3.63. The number of carbonyl (C=O) groups excluding carboxylic acids is 1. The maximum Gasteiger partial charge on any atom is 0.224 e. The molecule has 0 saturated carbocycles. The number of hydrogen-bond donors (Lipinski definition) is 1. The van der Waals surface area contributed by atoms with Crippen LogP contribution >= 0.6 is 27.5 Å². The predicted octanol–water partition coefficient (Wildman–Crippen LogP) is 5.00. The zero-order valence-corrected chi connectivity index (χ0v) is 16.1. The number of benzene rings is 2. The lowest BCUT2D eigenvalue weighted by Crippen LogP contribution is -2.12. The Morgan fingerprint density at radius 2 is 1.83 bits per heavy atom. The summed E-state index contributed by atoms with van der Waals surface area (Å²) in [6.45, 7) is 1.92. The van der Waals surface area contributed by atoms with Crippen LogP contribution < -0.4 is 14.8 Å². The minimum absolute atomic E-state index is 0.0726. The number of carbonyl (C=O) groups is 1. The first-order chi connectivity index (χ1) is 11.4. The summed E-state index contributed by atoms with van der Waals surface area (Å²) in [5.74, 6) is 1.21. The highest BCUT2D eigenvalue weighted by Crippen LogP contribution is 2.33. The molecular weight excluding hydrogens is 394 g/mol. The van der Waals surface area contributed by atoms with E-state index in [1.165, 1.54) is 0 Å². The number of ether oxygens (including phenoxy) is 2. The van der Waals surface area contributed by atoms with Crippen molar-refractivity contribution in [2.45, 2.75) is 19.8 Å². The van der Waals surface area contributed by atoms with Crippen LogP contribution in [0.2, 0.25) is 5.02 Å². The van der Waals surface area contributed by atoms with Crippen molar-refractivity contribution in [1.82, 2.24) is 0 Å². The smallest absolute Gasteiger partial charge is 0.224 e. The van der Waals surface area contributed by atoms with Gasteiger partial charge in [0.2, 0.25) is 5.91 Å². The fraction of sp³-hybridized carbons (Fsp3) is 0.278. The first kappa shape index (κ1) is 18.6. The van der Waals surface area contributed by atoms with Crippen molar-refractivity contribution in [1.29, 1.82) is 0 Å². The van der Waals surface area contributed by atoms with E-state index in [-0.39, 0.29) is 5.91 Å². The molecule has 0 saturated heterocycles. The van der Waals surface area contributed by atoms with Gasteiger partial charge in [0.15, 0.2) is 11.5 Å². The van der Waals surface area contributed by atoms with Crippen LogP contribution in [0.15, 0.2) is 34.8 Å². The summed E-state index contributed by atoms with van der Waals surface area (Å²) < 4.78 is 11.4. The average Bonchev–Trinajstić information content (AvgIpc) is 2.56. The van der Waals surface area contributed by atoms with Crippen LogP contribution in [-0.2, 0) is 11.2 Å². The molecule has 0 fully saturated rings. The fourth-order valence-corrected chi connectivity index (χ4v) is 2.93. The minimum Gasteiger partial charge on any atom is -0.493 e. The summed E-state index contributed by atoms with van der Waals surface area (Å²) >= 11 is 9.57. The largest absolute Gasteiger partial charge is 0.493 e. The lowest BCUT2D eigenvalue weighted by Gasteiger charge is -2.12. The molecule has 0 spiro atoms. The number of halogens is 2. The van der Waals surface area contributed by atoms with Gasteiger partial charge in [-0.25, -0.2) is 0 Å². The van der Waals surface area contributed by atoms with Gasteiger partial charge in [0.1, 0.15) is 0 Å². The van der Waals surface area contributed by atoms with Gasteiger partial charge in [0, 0.05) is 21.6 Å². The van der Waals surface area contributed by atoms with E-state index >= 15 is 0 Å². The molecule has 2 aromatic carbocycles. The topological polar surface area (TPSA) is 47.6 Å². The van der Waals surface area contributed by atoms with Crippen LogP contribution in [0.5, 0.6) is 11.5 Å². The van der Waals surface area contributed by atoms with E-state index in [1.54, 1.807) is 20.3 Å². The first-order valence-electron chi connectivity index (χ1n) is 7.41. The first-order valence-corrected chi connectivity index (χ1v) is 8.58. The van der Waals surface area contributed by atoms with Crippen molar-refractivity contribution < 1.29 is 14.3 Å². The minimum atomic E-state index is -0.0726. The van der Waals surface area contributed by atoms with Crippen molar-refractivity contribution in [3.63, 3.8) is 0 Å². The highest BCUT2D eigenvalue weighted by atomic mass is 79.9. The van der Waals surface area contributed by atoms with Crippen LogP contribution in [-0.4, -0.2) is 20.1 Å². The van der Waals surface area contributed by atoms with Gasteiger partial charge in [-0.1, -0.05) is 33.6 Å². The molecule has 0 aliphatic rings. The molecule has 6 heteroatoms. The van der Waals surface area contributed by atoms with E-state index in [0.717, 1.165) is 15.6 Å². The van der Waals surface area contributed by atoms with Crippen LogP contribution in [0.4, 0.5) is 5.69 Å². The molecule has 1 amide bonds. The predicted molar refractivity (Wildman–Crippen MR) is 100 cm³/mol. The van der Waals surface area contributed by atoms with Crippen LogP contribution in [0.25, 0.3) is 0 Å². The van der Waals surface area contributed by atoms with E-state index in [0.29, 0.717) is 35.1 Å². The van der Waals surface area contributed by atoms with E-state index in [4.69, 9.17) is 21.1 Å². The van der Waals surface area contributed by atoms with Gasteiger partial charge < -0.3 is 14.8 Å². The highest BCUT2D eigenvalue weighted by Gasteiger charge is 2.11. The van der Waals surface area contributed by atoms with Crippen molar-refractivity contribution in [3.05, 3.63) is 51.0 Å². The summed E-state index contributed by atoms with van der Waals surface area (Å²) in [7, 11) is 3.17. The Hall–Kier alpha value is -1.72. The molecule has 0 radical (unpaired) electrons. The van der Waals surface area contributed by atoms with E-state index in [2.05, 4.69) is 21.2 Å². The Kier molecular flexibility index (Phi) is 6.52. The number of methoxy groups -OCH3 is 2. The number of aryl methyl sites for hydroxylation is 2. The second kappa shape index (κ2) is 8.40. The Morgan fingerprint density at radius 3 is 2.46 bits per heavy atom. The van der Waals surface area contributed by atoms with E-state index in [1.807, 2.05) is 31.2 Å². The highest BCUT2D eigenvalue weighted by molar-refractivity contribution is 9.10. The Morgan fingerprint density at radius 1 is 1.17 bits per heavy atom. The molecule has 0 aromatic heterocycles. The van der Waals surface area contributed by atoms with Crippen molar-refractivity contribution >= 4 is 39.1 Å². The monoisotopic (exact) mass is 411 g/mol. The molecule has 24 heavy (non-hydrogen) atoms. The molecule has 4 nitrogen and oxygen atoms in total. The Bertz CT molecular complexity index is 749. The Labute approximate surface area is 155 Å². The summed E-state index contributed by atoms with van der Waals surface area (Å²) in [4.78, 5) is 12.1. The van der Waals surface area contributed by atoms with Gasteiger partial charge >= 0.3 is 0 Å². The molecule has 128 valence electrons. The zero-order valence-electron chi connectivity index (χ0n) is 13.8. The molecule has 1 N–H and O–H groups in total. The second-order valence-electron chi connectivity index (χ2n) is 5.31. The van der Waals surface area contributed by atoms with Gasteiger partial charge in [-0.2, -0.15) is 0 Å². The lowest BCUT2D eigenvalue weighted by molar-refractivity contribution is -0.116. The molecule has 0 heterocycles. The SMILES string of the molecule is COc1cc(Br)c(CCC(=O)Nc2ccc(C)c(Cl)c2)cc1OC. The fourth-order valence-electron chi connectivity index (χ4n) is 2.23. The van der Waals surface area contributed by atoms with E-state index in [9.17, 15) is 4.79 Å². The molecule has 2 rings (SSSR count). The van der Waals surface area contributed by atoms with Gasteiger partial charge in [-0.05, 0) is 48.7 Å². The van der Waals surface area contributed by atoms with Crippen molar-refractivity contribution in [2.24, 2.45) is 0 Å². The average molecular weight is 413 g/mol. The summed E-state index contributed by atoms with van der Waals surface area (Å²) in [5, 5.41) is 3.49. The summed E-state index contributed by atoms with van der Waals surface area (Å²) in [6.07, 6.45) is 0.923. The molecule has 2 aromatic rings. The lowest BCUT2D eigenvalue weighted by atomic mass is 10.1. The van der Waals surface area contributed by atoms with Crippen LogP contribution in [0.1, 0.15) is 17.5 Å². The van der Waals surface area contributed by atoms with Gasteiger partial charge in [-0.3, -0.25) is 4.79 Å². The number of nitrogens with one attached hydrogen (secondary N) is 1. The molecular formula is C18H19BrClNO3. The number of anilines is 1. The van der Waals surface area contributed by atoms with Gasteiger partial charge in [-0.15, -0.1) is 0 Å². The number of hydrogen-bond acceptors (Lipinski definition) is 3. The van der Waals surface area contributed by atoms with Crippen LogP contribution in [0.3, 0.4) is 0 Å². The number of amides is 1.